The Bertz CT molecular complexity index is 1100. The number of hydrogen-bond acceptors (Lipinski definition) is 6. The number of carbonyl (C=O) groups is 2. The van der Waals surface area contributed by atoms with Crippen molar-refractivity contribution in [3.8, 4) is 0 Å². The van der Waals surface area contributed by atoms with Crippen molar-refractivity contribution in [2.75, 3.05) is 17.2 Å². The van der Waals surface area contributed by atoms with E-state index in [1.807, 2.05) is 58.0 Å². The lowest BCUT2D eigenvalue weighted by Gasteiger charge is -2.58. The highest BCUT2D eigenvalue weighted by Crippen LogP contribution is 2.62. The number of fused-ring (bicyclic) bond motifs is 2. The molecule has 35 heavy (non-hydrogen) atoms. The molecule has 1 heterocycles. The number of para-hydroxylation sites is 1. The minimum Gasteiger partial charge on any atom is -0.396 e. The fourth-order valence-corrected chi connectivity index (χ4v) is 6.97. The molecule has 0 aliphatic heterocycles. The predicted octanol–water partition coefficient (Wildman–Crippen LogP) is 4.57. The SMILES string of the molecule is CC(C)(C)C(=O)Nc1nc2c(s1)CC1C(C)(CO)C(O)CCC1(C)C2CC(=O)Nc1ccccc1. The molecular formula is C27H37N3O4S. The Morgan fingerprint density at radius 3 is 2.49 bits per heavy atom. The van der Waals surface area contributed by atoms with E-state index in [0.717, 1.165) is 22.7 Å². The second kappa shape index (κ2) is 9.30. The number of benzene rings is 1. The summed E-state index contributed by atoms with van der Waals surface area (Å²) < 4.78 is 0. The molecule has 1 aromatic carbocycles. The summed E-state index contributed by atoms with van der Waals surface area (Å²) in [5, 5.41) is 27.8. The predicted molar refractivity (Wildman–Crippen MR) is 138 cm³/mol. The van der Waals surface area contributed by atoms with Gasteiger partial charge in [0.05, 0.1) is 18.4 Å². The van der Waals surface area contributed by atoms with Crippen LogP contribution in [0.2, 0.25) is 0 Å². The van der Waals surface area contributed by atoms with Crippen LogP contribution in [0, 0.1) is 22.2 Å². The van der Waals surface area contributed by atoms with Crippen molar-refractivity contribution in [2.24, 2.45) is 22.2 Å². The number of thiazole rings is 1. The van der Waals surface area contributed by atoms with Crippen LogP contribution in [0.15, 0.2) is 30.3 Å². The Kier molecular flexibility index (Phi) is 6.85. The van der Waals surface area contributed by atoms with Gasteiger partial charge in [-0.1, -0.05) is 52.8 Å². The molecule has 7 nitrogen and oxygen atoms in total. The summed E-state index contributed by atoms with van der Waals surface area (Å²) in [5.41, 5.74) is 0.0268. The van der Waals surface area contributed by atoms with Crippen LogP contribution in [-0.4, -0.2) is 39.7 Å². The van der Waals surface area contributed by atoms with E-state index in [-0.39, 0.29) is 42.1 Å². The molecule has 0 saturated heterocycles. The molecule has 0 spiro atoms. The lowest BCUT2D eigenvalue weighted by atomic mass is 9.47. The van der Waals surface area contributed by atoms with Gasteiger partial charge in [-0.2, -0.15) is 0 Å². The highest BCUT2D eigenvalue weighted by atomic mass is 32.1. The zero-order chi connectivity index (χ0) is 25.6. The Labute approximate surface area is 211 Å². The normalized spacial score (nSPS) is 30.2. The van der Waals surface area contributed by atoms with E-state index in [1.165, 1.54) is 11.3 Å². The van der Waals surface area contributed by atoms with Crippen molar-refractivity contribution in [2.45, 2.75) is 72.3 Å². The fraction of sp³-hybridized carbons (Fsp3) is 0.593. The van der Waals surface area contributed by atoms with E-state index in [0.29, 0.717) is 18.0 Å². The van der Waals surface area contributed by atoms with Crippen LogP contribution in [-0.2, 0) is 16.0 Å². The highest BCUT2D eigenvalue weighted by Gasteiger charge is 2.59. The largest absolute Gasteiger partial charge is 0.396 e. The van der Waals surface area contributed by atoms with Crippen LogP contribution < -0.4 is 10.6 Å². The molecule has 4 rings (SSSR count). The standard InChI is InChI=1S/C27H37N3O4S/c1-25(2,3)23(34)30-24-29-22-17(13-21(33)28-16-9-7-6-8-10-16)26(4)12-11-20(32)27(5,15-31)19(26)14-18(22)35-24/h6-10,17,19-20,31-32H,11-15H2,1-5H3,(H,28,33)(H,29,30,34). The molecular weight excluding hydrogens is 462 g/mol. The van der Waals surface area contributed by atoms with Crippen LogP contribution in [0.25, 0.3) is 0 Å². The van der Waals surface area contributed by atoms with Gasteiger partial charge in [0.25, 0.3) is 0 Å². The third-order valence-electron chi connectivity index (χ3n) is 8.24. The number of aromatic nitrogens is 1. The number of nitrogens with zero attached hydrogens (tertiary/aromatic N) is 1. The molecule has 2 aromatic rings. The van der Waals surface area contributed by atoms with Crippen molar-refractivity contribution in [1.29, 1.82) is 0 Å². The Hall–Kier alpha value is -2.29. The van der Waals surface area contributed by atoms with Crippen LogP contribution >= 0.6 is 11.3 Å². The molecule has 1 aromatic heterocycles. The van der Waals surface area contributed by atoms with Gasteiger partial charge in [0.1, 0.15) is 0 Å². The van der Waals surface area contributed by atoms with Gasteiger partial charge < -0.3 is 20.8 Å². The second-order valence-electron chi connectivity index (χ2n) is 11.7. The Morgan fingerprint density at radius 1 is 1.17 bits per heavy atom. The quantitative estimate of drug-likeness (QED) is 0.481. The molecule has 4 N–H and O–H groups in total. The lowest BCUT2D eigenvalue weighted by Crippen LogP contribution is -2.57. The second-order valence-corrected chi connectivity index (χ2v) is 12.8. The third kappa shape index (κ3) is 4.76. The maximum Gasteiger partial charge on any atom is 0.231 e. The maximum atomic E-state index is 13.2. The summed E-state index contributed by atoms with van der Waals surface area (Å²) in [7, 11) is 0. The topological polar surface area (TPSA) is 112 Å². The van der Waals surface area contributed by atoms with Gasteiger partial charge in [-0.25, -0.2) is 4.98 Å². The highest BCUT2D eigenvalue weighted by molar-refractivity contribution is 7.15. The number of carbonyl (C=O) groups excluding carboxylic acids is 2. The van der Waals surface area contributed by atoms with E-state index in [1.54, 1.807) is 0 Å². The van der Waals surface area contributed by atoms with Gasteiger partial charge in [0, 0.05) is 33.7 Å². The van der Waals surface area contributed by atoms with Crippen molar-refractivity contribution in [3.63, 3.8) is 0 Å². The monoisotopic (exact) mass is 499 g/mol. The first-order valence-corrected chi connectivity index (χ1v) is 13.1. The molecule has 5 atom stereocenters. The average Bonchev–Trinajstić information content (AvgIpc) is 3.20. The first-order valence-electron chi connectivity index (χ1n) is 12.3. The molecule has 2 aliphatic rings. The zero-order valence-electron chi connectivity index (χ0n) is 21.2. The number of anilines is 2. The summed E-state index contributed by atoms with van der Waals surface area (Å²) in [4.78, 5) is 31.7. The average molecular weight is 500 g/mol. The summed E-state index contributed by atoms with van der Waals surface area (Å²) in [6, 6.07) is 9.38. The number of rotatable bonds is 5. The van der Waals surface area contributed by atoms with Gasteiger partial charge in [0.15, 0.2) is 5.13 Å². The zero-order valence-corrected chi connectivity index (χ0v) is 22.0. The van der Waals surface area contributed by atoms with Crippen molar-refractivity contribution in [3.05, 3.63) is 40.9 Å². The van der Waals surface area contributed by atoms with Gasteiger partial charge >= 0.3 is 0 Å². The van der Waals surface area contributed by atoms with Crippen molar-refractivity contribution < 1.29 is 19.8 Å². The smallest absolute Gasteiger partial charge is 0.231 e. The van der Waals surface area contributed by atoms with Crippen molar-refractivity contribution in [1.82, 2.24) is 4.98 Å². The molecule has 1 fully saturated rings. The molecule has 8 heteroatoms. The fourth-order valence-electron chi connectivity index (χ4n) is 5.90. The maximum absolute atomic E-state index is 13.2. The van der Waals surface area contributed by atoms with E-state index in [2.05, 4.69) is 17.6 Å². The van der Waals surface area contributed by atoms with Crippen LogP contribution in [0.3, 0.4) is 0 Å². The van der Waals surface area contributed by atoms with Gasteiger partial charge in [-0.3, -0.25) is 9.59 Å². The van der Waals surface area contributed by atoms with E-state index < -0.39 is 16.9 Å². The molecule has 2 amide bonds. The van der Waals surface area contributed by atoms with Gasteiger partial charge in [-0.05, 0) is 42.7 Å². The number of hydrogen-bond donors (Lipinski definition) is 4. The summed E-state index contributed by atoms with van der Waals surface area (Å²) >= 11 is 1.44. The Balaban J connectivity index is 1.72. The number of amides is 2. The van der Waals surface area contributed by atoms with Crippen LogP contribution in [0.4, 0.5) is 10.8 Å². The molecule has 0 radical (unpaired) electrons. The van der Waals surface area contributed by atoms with Crippen LogP contribution in [0.5, 0.6) is 0 Å². The molecule has 0 bridgehead atoms. The molecule has 2 aliphatic carbocycles. The first kappa shape index (κ1) is 25.8. The van der Waals surface area contributed by atoms with E-state index in [4.69, 9.17) is 4.98 Å². The van der Waals surface area contributed by atoms with Crippen LogP contribution in [0.1, 0.15) is 70.4 Å². The van der Waals surface area contributed by atoms with Gasteiger partial charge in [-0.15, -0.1) is 11.3 Å². The molecule has 190 valence electrons. The number of nitrogens with one attached hydrogen (secondary N) is 2. The van der Waals surface area contributed by atoms with Crippen molar-refractivity contribution >= 4 is 34.0 Å². The number of aliphatic hydroxyl groups excluding tert-OH is 2. The molecule has 1 saturated carbocycles. The van der Waals surface area contributed by atoms with E-state index in [9.17, 15) is 19.8 Å². The third-order valence-corrected chi connectivity index (χ3v) is 9.25. The first-order chi connectivity index (χ1) is 16.4. The minimum atomic E-state index is -0.683. The Morgan fingerprint density at radius 2 is 1.86 bits per heavy atom. The summed E-state index contributed by atoms with van der Waals surface area (Å²) in [6.45, 7) is 9.57. The van der Waals surface area contributed by atoms with E-state index >= 15 is 0 Å². The summed E-state index contributed by atoms with van der Waals surface area (Å²) in [5.74, 6) is -0.437. The number of aliphatic hydroxyl groups is 2. The molecule has 5 unspecified atom stereocenters. The van der Waals surface area contributed by atoms with Gasteiger partial charge in [0.2, 0.25) is 11.8 Å². The lowest BCUT2D eigenvalue weighted by molar-refractivity contribution is -0.143. The minimum absolute atomic E-state index is 0.0302. The summed E-state index contributed by atoms with van der Waals surface area (Å²) in [6.07, 6.45) is 1.58.